The lowest BCUT2D eigenvalue weighted by molar-refractivity contribution is 0.0227. The quantitative estimate of drug-likeness (QED) is 0.557. The van der Waals surface area contributed by atoms with Gasteiger partial charge in [0.15, 0.2) is 0 Å². The summed E-state index contributed by atoms with van der Waals surface area (Å²) in [5, 5.41) is 3.33. The molecule has 1 amide bonds. The first-order chi connectivity index (χ1) is 16.2. The van der Waals surface area contributed by atoms with E-state index in [0.717, 1.165) is 37.0 Å². The number of ether oxygens (including phenoxy) is 1. The largest absolute Gasteiger partial charge is 0.487 e. The van der Waals surface area contributed by atoms with Crippen LogP contribution in [0.1, 0.15) is 74.8 Å². The lowest BCUT2D eigenvalue weighted by Crippen LogP contribution is -2.44. The number of rotatable bonds is 6. The van der Waals surface area contributed by atoms with Crippen molar-refractivity contribution in [1.82, 2.24) is 9.62 Å². The topological polar surface area (TPSA) is 75.7 Å². The van der Waals surface area contributed by atoms with Gasteiger partial charge in [0.2, 0.25) is 10.0 Å². The highest BCUT2D eigenvalue weighted by Gasteiger charge is 2.39. The molecule has 2 aromatic rings. The Morgan fingerprint density at radius 2 is 1.82 bits per heavy atom. The van der Waals surface area contributed by atoms with Crippen LogP contribution in [-0.4, -0.2) is 37.3 Å². The van der Waals surface area contributed by atoms with E-state index in [1.54, 1.807) is 0 Å². The second-order valence-electron chi connectivity index (χ2n) is 9.49. The van der Waals surface area contributed by atoms with Gasteiger partial charge in [-0.15, -0.1) is 0 Å². The molecule has 4 rings (SSSR count). The summed E-state index contributed by atoms with van der Waals surface area (Å²) in [5.41, 5.74) is 0.707. The van der Waals surface area contributed by atoms with Crippen LogP contribution in [0.4, 0.5) is 0 Å². The van der Waals surface area contributed by atoms with Crippen molar-refractivity contribution < 1.29 is 17.9 Å². The number of piperidine rings is 1. The highest BCUT2D eigenvalue weighted by Crippen LogP contribution is 2.42. The van der Waals surface area contributed by atoms with Crippen molar-refractivity contribution in [2.75, 3.05) is 13.1 Å². The summed E-state index contributed by atoms with van der Waals surface area (Å²) in [7, 11) is -3.69. The van der Waals surface area contributed by atoms with Crippen LogP contribution < -0.4 is 10.1 Å². The zero-order valence-corrected chi connectivity index (χ0v) is 21.6. The summed E-state index contributed by atoms with van der Waals surface area (Å²) < 4.78 is 34.3. The fourth-order valence-electron chi connectivity index (χ4n) is 4.88. The number of carbonyl (C=O) groups excluding carboxylic acids is 1. The fourth-order valence-corrected chi connectivity index (χ4v) is 6.58. The molecule has 184 valence electrons. The van der Waals surface area contributed by atoms with Crippen molar-refractivity contribution in [3.05, 3.63) is 58.6 Å². The molecule has 2 heterocycles. The van der Waals surface area contributed by atoms with Crippen LogP contribution in [0.25, 0.3) is 0 Å². The van der Waals surface area contributed by atoms with E-state index in [1.807, 2.05) is 24.3 Å². The van der Waals surface area contributed by atoms with E-state index in [4.69, 9.17) is 16.3 Å². The SMILES string of the molecule is CCC1(CC)CC(NC(=O)c2cc(S(=O)(=O)N3CCC(C)CC3)ccc2Cl)c2ccccc2O1. The standard InChI is InChI=1S/C26H33ClN2O4S/c1-4-26(5-2)17-23(20-8-6-7-9-24(20)33-26)28-25(30)21-16-19(10-11-22(21)27)34(31,32)29-14-12-18(3)13-15-29/h6-11,16,18,23H,4-5,12-15,17H2,1-3H3,(H,28,30). The van der Waals surface area contributed by atoms with Crippen molar-refractivity contribution in [2.24, 2.45) is 5.92 Å². The summed E-state index contributed by atoms with van der Waals surface area (Å²) in [4.78, 5) is 13.5. The molecular weight excluding hydrogens is 472 g/mol. The molecule has 6 nitrogen and oxygen atoms in total. The van der Waals surface area contributed by atoms with Gasteiger partial charge in [0.1, 0.15) is 11.4 Å². The molecule has 2 aliphatic rings. The van der Waals surface area contributed by atoms with E-state index in [2.05, 4.69) is 26.1 Å². The molecule has 1 N–H and O–H groups in total. The van der Waals surface area contributed by atoms with Crippen LogP contribution in [-0.2, 0) is 10.0 Å². The van der Waals surface area contributed by atoms with Crippen molar-refractivity contribution in [3.63, 3.8) is 0 Å². The number of nitrogens with one attached hydrogen (secondary N) is 1. The number of amides is 1. The zero-order chi connectivity index (χ0) is 24.5. The van der Waals surface area contributed by atoms with Crippen molar-refractivity contribution in [3.8, 4) is 5.75 Å². The number of hydrogen-bond donors (Lipinski definition) is 1. The smallest absolute Gasteiger partial charge is 0.253 e. The first-order valence-electron chi connectivity index (χ1n) is 12.1. The first kappa shape index (κ1) is 25.0. The molecule has 0 saturated carbocycles. The highest BCUT2D eigenvalue weighted by atomic mass is 35.5. The van der Waals surface area contributed by atoms with Gasteiger partial charge in [0.05, 0.1) is 21.5 Å². The number of benzene rings is 2. The predicted octanol–water partition coefficient (Wildman–Crippen LogP) is 5.57. The minimum absolute atomic E-state index is 0.0976. The molecule has 34 heavy (non-hydrogen) atoms. The molecule has 2 aliphatic heterocycles. The van der Waals surface area contributed by atoms with Gasteiger partial charge < -0.3 is 10.1 Å². The number of sulfonamides is 1. The third kappa shape index (κ3) is 4.83. The fraction of sp³-hybridized carbons (Fsp3) is 0.500. The van der Waals surface area contributed by atoms with Crippen molar-refractivity contribution >= 4 is 27.5 Å². The van der Waals surface area contributed by atoms with Crippen LogP contribution in [0, 0.1) is 5.92 Å². The number of carbonyl (C=O) groups is 1. The Hall–Kier alpha value is -2.09. The van der Waals surface area contributed by atoms with Gasteiger partial charge in [-0.2, -0.15) is 4.31 Å². The third-order valence-electron chi connectivity index (χ3n) is 7.35. The Kier molecular flexibility index (Phi) is 7.27. The van der Waals surface area contributed by atoms with Crippen molar-refractivity contribution in [1.29, 1.82) is 0 Å². The van der Waals surface area contributed by atoms with Gasteiger partial charge in [-0.3, -0.25) is 4.79 Å². The summed E-state index contributed by atoms with van der Waals surface area (Å²) in [6, 6.07) is 11.8. The Balaban J connectivity index is 1.61. The molecule has 0 radical (unpaired) electrons. The molecule has 0 bridgehead atoms. The molecule has 1 unspecified atom stereocenters. The summed E-state index contributed by atoms with van der Waals surface area (Å²) in [6.45, 7) is 7.28. The summed E-state index contributed by atoms with van der Waals surface area (Å²) in [6.07, 6.45) is 3.92. The minimum atomic E-state index is -3.69. The first-order valence-corrected chi connectivity index (χ1v) is 13.9. The molecule has 8 heteroatoms. The van der Waals surface area contributed by atoms with Crippen LogP contribution in [0.15, 0.2) is 47.4 Å². The second kappa shape index (κ2) is 9.88. The lowest BCUT2D eigenvalue weighted by atomic mass is 9.83. The maximum absolute atomic E-state index is 13.4. The monoisotopic (exact) mass is 504 g/mol. The number of para-hydroxylation sites is 1. The Morgan fingerprint density at radius 3 is 2.50 bits per heavy atom. The van der Waals surface area contributed by atoms with Crippen LogP contribution >= 0.6 is 11.6 Å². The van der Waals surface area contributed by atoms with Gasteiger partial charge in [-0.1, -0.05) is 50.6 Å². The normalized spacial score (nSPS) is 20.9. The molecule has 0 aliphatic carbocycles. The van der Waals surface area contributed by atoms with E-state index in [1.165, 1.54) is 22.5 Å². The number of nitrogens with zero attached hydrogens (tertiary/aromatic N) is 1. The van der Waals surface area contributed by atoms with Gasteiger partial charge in [-0.05, 0) is 55.9 Å². The predicted molar refractivity (Wildman–Crippen MR) is 134 cm³/mol. The number of hydrogen-bond acceptors (Lipinski definition) is 4. The zero-order valence-electron chi connectivity index (χ0n) is 20.0. The van der Waals surface area contributed by atoms with Crippen molar-refractivity contribution in [2.45, 2.75) is 69.4 Å². The van der Waals surface area contributed by atoms with Gasteiger partial charge >= 0.3 is 0 Å². The molecule has 1 saturated heterocycles. The molecule has 1 fully saturated rings. The number of halogens is 1. The van der Waals surface area contributed by atoms with Gasteiger partial charge in [-0.25, -0.2) is 8.42 Å². The molecule has 1 atom stereocenters. The molecule has 0 spiro atoms. The van der Waals surface area contributed by atoms with E-state index in [9.17, 15) is 13.2 Å². The van der Waals surface area contributed by atoms with Gasteiger partial charge in [0.25, 0.3) is 5.91 Å². The molecule has 0 aromatic heterocycles. The Bertz CT molecular complexity index is 1160. The van der Waals surface area contributed by atoms with E-state index in [-0.39, 0.29) is 27.1 Å². The molecular formula is C26H33ClN2O4S. The van der Waals surface area contributed by atoms with Crippen LogP contribution in [0.2, 0.25) is 5.02 Å². The maximum Gasteiger partial charge on any atom is 0.253 e. The number of fused-ring (bicyclic) bond motifs is 1. The third-order valence-corrected chi connectivity index (χ3v) is 9.58. The van der Waals surface area contributed by atoms with E-state index >= 15 is 0 Å². The average Bonchev–Trinajstić information content (AvgIpc) is 2.84. The minimum Gasteiger partial charge on any atom is -0.487 e. The highest BCUT2D eigenvalue weighted by molar-refractivity contribution is 7.89. The van der Waals surface area contributed by atoms with E-state index in [0.29, 0.717) is 25.4 Å². The Morgan fingerprint density at radius 1 is 1.15 bits per heavy atom. The molecule has 2 aromatic carbocycles. The summed E-state index contributed by atoms with van der Waals surface area (Å²) >= 11 is 6.38. The van der Waals surface area contributed by atoms with Crippen LogP contribution in [0.5, 0.6) is 5.75 Å². The van der Waals surface area contributed by atoms with E-state index < -0.39 is 15.9 Å². The average molecular weight is 505 g/mol. The van der Waals surface area contributed by atoms with Crippen LogP contribution in [0.3, 0.4) is 0 Å². The lowest BCUT2D eigenvalue weighted by Gasteiger charge is -2.41. The second-order valence-corrected chi connectivity index (χ2v) is 11.8. The van der Waals surface area contributed by atoms with Gasteiger partial charge in [0, 0.05) is 25.1 Å². The maximum atomic E-state index is 13.4. The summed E-state index contributed by atoms with van der Waals surface area (Å²) in [5.74, 6) is 0.889. The Labute approximate surface area is 207 Å².